The van der Waals surface area contributed by atoms with Gasteiger partial charge in [0.25, 0.3) is 0 Å². The van der Waals surface area contributed by atoms with Gasteiger partial charge in [-0.15, -0.1) is 0 Å². The molecular weight excluding hydrogens is 289 g/mol. The summed E-state index contributed by atoms with van der Waals surface area (Å²) in [5.74, 6) is 0.382. The Morgan fingerprint density at radius 2 is 2.33 bits per heavy atom. The van der Waals surface area contributed by atoms with E-state index in [0.29, 0.717) is 29.5 Å². The first-order valence-corrected chi connectivity index (χ1v) is 7.20. The third kappa shape index (κ3) is 2.81. The van der Waals surface area contributed by atoms with Crippen molar-refractivity contribution in [2.24, 2.45) is 0 Å². The quantitative estimate of drug-likeness (QED) is 0.833. The highest BCUT2D eigenvalue weighted by Crippen LogP contribution is 2.35. The van der Waals surface area contributed by atoms with E-state index in [-0.39, 0.29) is 5.56 Å². The highest BCUT2D eigenvalue weighted by Gasteiger charge is 2.26. The van der Waals surface area contributed by atoms with Gasteiger partial charge in [-0.1, -0.05) is 6.07 Å². The molecule has 0 amide bonds. The number of nitriles is 1. The summed E-state index contributed by atoms with van der Waals surface area (Å²) in [7, 11) is 0. The van der Waals surface area contributed by atoms with Gasteiger partial charge in [-0.05, 0) is 37.2 Å². The average Bonchev–Trinajstić information content (AvgIpc) is 3.23. The number of halogens is 1. The summed E-state index contributed by atoms with van der Waals surface area (Å²) in [6.45, 7) is 0.560. The fourth-order valence-corrected chi connectivity index (χ4v) is 2.62. The normalized spacial score (nSPS) is 13.9. The highest BCUT2D eigenvalue weighted by molar-refractivity contribution is 7.71. The molecule has 0 bridgehead atoms. The van der Waals surface area contributed by atoms with Crippen LogP contribution in [0.2, 0.25) is 0 Å². The Bertz CT molecular complexity index is 753. The minimum absolute atomic E-state index is 0.0403. The maximum atomic E-state index is 13.5. The van der Waals surface area contributed by atoms with Crippen molar-refractivity contribution in [3.8, 4) is 6.07 Å². The predicted octanol–water partition coefficient (Wildman–Crippen LogP) is 2.94. The number of rotatable bonds is 5. The molecule has 0 aliphatic heterocycles. The van der Waals surface area contributed by atoms with Gasteiger partial charge in [-0.2, -0.15) is 10.4 Å². The molecule has 1 aromatic heterocycles. The average molecular weight is 303 g/mol. The fraction of sp³-hybridized carbons (Fsp3) is 0.357. The Hall–Kier alpha value is -2.20. The Balaban J connectivity index is 1.69. The van der Waals surface area contributed by atoms with Gasteiger partial charge in [-0.3, -0.25) is 5.10 Å². The topological polar surface area (TPSA) is 69.4 Å². The van der Waals surface area contributed by atoms with E-state index in [4.69, 9.17) is 17.5 Å². The fourth-order valence-electron chi connectivity index (χ4n) is 2.32. The summed E-state index contributed by atoms with van der Waals surface area (Å²) >= 11 is 5.22. The van der Waals surface area contributed by atoms with Crippen LogP contribution >= 0.6 is 12.2 Å². The molecule has 1 fully saturated rings. The van der Waals surface area contributed by atoms with Gasteiger partial charge in [0.2, 0.25) is 0 Å². The van der Waals surface area contributed by atoms with Crippen LogP contribution in [-0.2, 0) is 6.42 Å². The van der Waals surface area contributed by atoms with E-state index in [1.54, 1.807) is 12.1 Å². The Kier molecular flexibility index (Phi) is 3.71. The van der Waals surface area contributed by atoms with E-state index in [9.17, 15) is 4.39 Å². The van der Waals surface area contributed by atoms with E-state index in [2.05, 4.69) is 15.5 Å². The second-order valence-corrected chi connectivity index (χ2v) is 5.38. The zero-order valence-corrected chi connectivity index (χ0v) is 12.1. The summed E-state index contributed by atoms with van der Waals surface area (Å²) in [4.78, 5) is 0. The molecule has 1 heterocycles. The van der Waals surface area contributed by atoms with Crippen molar-refractivity contribution in [2.75, 3.05) is 11.9 Å². The number of nitrogens with zero attached hydrogens (tertiary/aromatic N) is 3. The second kappa shape index (κ2) is 5.66. The van der Waals surface area contributed by atoms with Gasteiger partial charge in [0.15, 0.2) is 4.77 Å². The van der Waals surface area contributed by atoms with E-state index in [1.807, 2.05) is 10.6 Å². The van der Waals surface area contributed by atoms with Crippen LogP contribution in [0.5, 0.6) is 0 Å². The van der Waals surface area contributed by atoms with E-state index in [1.165, 1.54) is 6.07 Å². The van der Waals surface area contributed by atoms with Crippen LogP contribution in [-0.4, -0.2) is 21.3 Å². The Morgan fingerprint density at radius 3 is 3.05 bits per heavy atom. The lowest BCUT2D eigenvalue weighted by Crippen LogP contribution is -2.11. The van der Waals surface area contributed by atoms with E-state index >= 15 is 0 Å². The van der Waals surface area contributed by atoms with E-state index < -0.39 is 5.82 Å². The standard InChI is InChI=1S/C14H14FN5S/c15-11-2-1-3-12(10(11)8-16)17-7-6-13-18-19-14(21)20(13)9-4-5-9/h1-3,9,17H,4-7H2,(H,19,21). The zero-order chi connectivity index (χ0) is 14.8. The third-order valence-electron chi connectivity index (χ3n) is 3.48. The molecule has 2 N–H and O–H groups in total. The SMILES string of the molecule is N#Cc1c(F)cccc1NCCc1n[nH]c(=S)n1C1CC1. The molecule has 3 rings (SSSR count). The van der Waals surface area contributed by atoms with Crippen molar-refractivity contribution >= 4 is 17.9 Å². The molecule has 0 saturated heterocycles. The molecule has 0 unspecified atom stereocenters. The van der Waals surface area contributed by atoms with Crippen LogP contribution in [0.25, 0.3) is 0 Å². The minimum atomic E-state index is -0.511. The van der Waals surface area contributed by atoms with Crippen molar-refractivity contribution in [1.29, 1.82) is 5.26 Å². The predicted molar refractivity (Wildman–Crippen MR) is 79.0 cm³/mol. The molecule has 5 nitrogen and oxygen atoms in total. The molecule has 7 heteroatoms. The molecule has 108 valence electrons. The molecule has 0 atom stereocenters. The lowest BCUT2D eigenvalue weighted by atomic mass is 10.2. The molecule has 21 heavy (non-hydrogen) atoms. The molecule has 1 saturated carbocycles. The number of H-pyrrole nitrogens is 1. The summed E-state index contributed by atoms with van der Waals surface area (Å²) in [6, 6.07) is 6.90. The number of benzene rings is 1. The van der Waals surface area contributed by atoms with Crippen molar-refractivity contribution in [3.05, 3.63) is 40.2 Å². The van der Waals surface area contributed by atoms with Crippen LogP contribution in [0.4, 0.5) is 10.1 Å². The number of nitrogens with one attached hydrogen (secondary N) is 2. The van der Waals surface area contributed by atoms with Crippen LogP contribution in [0.15, 0.2) is 18.2 Å². The van der Waals surface area contributed by atoms with Gasteiger partial charge in [-0.25, -0.2) is 4.39 Å². The van der Waals surface area contributed by atoms with Crippen LogP contribution in [0, 0.1) is 21.9 Å². The Labute approximate surface area is 126 Å². The van der Waals surface area contributed by atoms with Crippen molar-refractivity contribution < 1.29 is 4.39 Å². The molecular formula is C14H14FN5S. The van der Waals surface area contributed by atoms with E-state index in [0.717, 1.165) is 18.7 Å². The van der Waals surface area contributed by atoms with Gasteiger partial charge < -0.3 is 9.88 Å². The Morgan fingerprint density at radius 1 is 1.52 bits per heavy atom. The zero-order valence-electron chi connectivity index (χ0n) is 11.3. The molecule has 0 radical (unpaired) electrons. The largest absolute Gasteiger partial charge is 0.383 e. The second-order valence-electron chi connectivity index (χ2n) is 5.00. The molecule has 2 aromatic rings. The summed E-state index contributed by atoms with van der Waals surface area (Å²) < 4.78 is 16.2. The van der Waals surface area contributed by atoms with Crippen LogP contribution in [0.3, 0.4) is 0 Å². The number of anilines is 1. The van der Waals surface area contributed by atoms with Crippen molar-refractivity contribution in [1.82, 2.24) is 14.8 Å². The summed E-state index contributed by atoms with van der Waals surface area (Å²) in [5, 5.41) is 19.1. The minimum Gasteiger partial charge on any atom is -0.383 e. The van der Waals surface area contributed by atoms with Crippen LogP contribution < -0.4 is 5.32 Å². The molecule has 1 aromatic carbocycles. The van der Waals surface area contributed by atoms with Crippen molar-refractivity contribution in [2.45, 2.75) is 25.3 Å². The molecule has 1 aliphatic carbocycles. The first kappa shape index (κ1) is 13.8. The molecule has 1 aliphatic rings. The maximum absolute atomic E-state index is 13.5. The monoisotopic (exact) mass is 303 g/mol. The van der Waals surface area contributed by atoms with Gasteiger partial charge in [0, 0.05) is 19.0 Å². The van der Waals surface area contributed by atoms with Gasteiger partial charge >= 0.3 is 0 Å². The number of hydrogen-bond donors (Lipinski definition) is 2. The first-order valence-electron chi connectivity index (χ1n) is 6.79. The number of hydrogen-bond acceptors (Lipinski definition) is 4. The summed E-state index contributed by atoms with van der Waals surface area (Å²) in [5.41, 5.74) is 0.545. The number of aromatic amines is 1. The smallest absolute Gasteiger partial charge is 0.195 e. The summed E-state index contributed by atoms with van der Waals surface area (Å²) in [6.07, 6.45) is 2.93. The number of aromatic nitrogens is 3. The maximum Gasteiger partial charge on any atom is 0.195 e. The lowest BCUT2D eigenvalue weighted by Gasteiger charge is -2.09. The highest BCUT2D eigenvalue weighted by atomic mass is 32.1. The lowest BCUT2D eigenvalue weighted by molar-refractivity contribution is 0.624. The third-order valence-corrected chi connectivity index (χ3v) is 3.77. The first-order chi connectivity index (χ1) is 10.2. The van der Waals surface area contributed by atoms with Crippen molar-refractivity contribution in [3.63, 3.8) is 0 Å². The van der Waals surface area contributed by atoms with Crippen LogP contribution in [0.1, 0.15) is 30.3 Å². The van der Waals surface area contributed by atoms with Gasteiger partial charge in [0.1, 0.15) is 23.3 Å². The molecule has 0 spiro atoms. The van der Waals surface area contributed by atoms with Gasteiger partial charge in [0.05, 0.1) is 5.69 Å².